The number of likely N-dealkylation sites (tertiary alicyclic amines) is 1. The van der Waals surface area contributed by atoms with Crippen LogP contribution in [0.25, 0.3) is 0 Å². The summed E-state index contributed by atoms with van der Waals surface area (Å²) in [6.45, 7) is 13.0. The zero-order valence-electron chi connectivity index (χ0n) is 11.6. The minimum absolute atomic E-state index is 0.740. The van der Waals surface area contributed by atoms with E-state index in [9.17, 15) is 0 Å². The molecule has 0 aliphatic carbocycles. The lowest BCUT2D eigenvalue weighted by Gasteiger charge is -2.42. The second-order valence-corrected chi connectivity index (χ2v) is 5.49. The molecule has 16 heavy (non-hydrogen) atoms. The first kappa shape index (κ1) is 14.0. The van der Waals surface area contributed by atoms with E-state index in [1.165, 1.54) is 38.8 Å². The van der Waals surface area contributed by atoms with Crippen molar-refractivity contribution < 1.29 is 0 Å². The SMILES string of the molecule is CCCNCC(CC)N1CC(C)CCC1C. The van der Waals surface area contributed by atoms with Crippen molar-refractivity contribution in [3.8, 4) is 0 Å². The molecule has 0 aromatic rings. The van der Waals surface area contributed by atoms with Crippen LogP contribution in [0.2, 0.25) is 0 Å². The molecule has 0 bridgehead atoms. The van der Waals surface area contributed by atoms with Gasteiger partial charge < -0.3 is 5.32 Å². The Labute approximate surface area is 102 Å². The Balaban J connectivity index is 2.42. The van der Waals surface area contributed by atoms with Gasteiger partial charge in [0.15, 0.2) is 0 Å². The average Bonchev–Trinajstić information content (AvgIpc) is 2.28. The third kappa shape index (κ3) is 4.06. The van der Waals surface area contributed by atoms with E-state index in [-0.39, 0.29) is 0 Å². The first-order valence-electron chi connectivity index (χ1n) is 7.15. The van der Waals surface area contributed by atoms with Gasteiger partial charge in [0.2, 0.25) is 0 Å². The van der Waals surface area contributed by atoms with E-state index < -0.39 is 0 Å². The van der Waals surface area contributed by atoms with Gasteiger partial charge in [0, 0.05) is 25.2 Å². The van der Waals surface area contributed by atoms with Gasteiger partial charge in [0.1, 0.15) is 0 Å². The highest BCUT2D eigenvalue weighted by atomic mass is 15.2. The fourth-order valence-electron chi connectivity index (χ4n) is 2.77. The van der Waals surface area contributed by atoms with Crippen LogP contribution in [0.15, 0.2) is 0 Å². The van der Waals surface area contributed by atoms with Crippen molar-refractivity contribution in [2.24, 2.45) is 5.92 Å². The van der Waals surface area contributed by atoms with Crippen LogP contribution in [0.1, 0.15) is 53.4 Å². The summed E-state index contributed by atoms with van der Waals surface area (Å²) in [4.78, 5) is 2.73. The number of nitrogens with one attached hydrogen (secondary N) is 1. The monoisotopic (exact) mass is 226 g/mol. The summed E-state index contributed by atoms with van der Waals surface area (Å²) in [6, 6.07) is 1.52. The van der Waals surface area contributed by atoms with Crippen molar-refractivity contribution in [1.82, 2.24) is 10.2 Å². The first-order valence-corrected chi connectivity index (χ1v) is 7.15. The number of hydrogen-bond donors (Lipinski definition) is 1. The zero-order valence-corrected chi connectivity index (χ0v) is 11.6. The Morgan fingerprint density at radius 1 is 1.25 bits per heavy atom. The van der Waals surface area contributed by atoms with E-state index in [0.717, 1.165) is 24.5 Å². The molecule has 1 aliphatic rings. The second kappa shape index (κ2) is 7.29. The van der Waals surface area contributed by atoms with E-state index in [0.29, 0.717) is 0 Å². The minimum Gasteiger partial charge on any atom is -0.315 e. The molecule has 3 unspecified atom stereocenters. The highest BCUT2D eigenvalue weighted by Gasteiger charge is 2.27. The average molecular weight is 226 g/mol. The quantitative estimate of drug-likeness (QED) is 0.701. The summed E-state index contributed by atoms with van der Waals surface area (Å²) in [7, 11) is 0. The normalized spacial score (nSPS) is 29.2. The smallest absolute Gasteiger partial charge is 0.0220 e. The van der Waals surface area contributed by atoms with Crippen molar-refractivity contribution in [3.05, 3.63) is 0 Å². The van der Waals surface area contributed by atoms with Gasteiger partial charge >= 0.3 is 0 Å². The highest BCUT2D eigenvalue weighted by Crippen LogP contribution is 2.24. The molecular weight excluding hydrogens is 196 g/mol. The van der Waals surface area contributed by atoms with Gasteiger partial charge in [-0.15, -0.1) is 0 Å². The number of piperidine rings is 1. The van der Waals surface area contributed by atoms with E-state index in [1.807, 2.05) is 0 Å². The summed E-state index contributed by atoms with van der Waals surface area (Å²) in [5.74, 6) is 0.886. The van der Waals surface area contributed by atoms with Gasteiger partial charge in [0.25, 0.3) is 0 Å². The number of hydrogen-bond acceptors (Lipinski definition) is 2. The molecule has 0 spiro atoms. The molecule has 0 aromatic heterocycles. The maximum absolute atomic E-state index is 3.58. The number of rotatable bonds is 6. The Morgan fingerprint density at radius 2 is 2.00 bits per heavy atom. The van der Waals surface area contributed by atoms with Crippen LogP contribution in [0, 0.1) is 5.92 Å². The molecular formula is C14H30N2. The van der Waals surface area contributed by atoms with Gasteiger partial charge in [0.05, 0.1) is 0 Å². The van der Waals surface area contributed by atoms with Crippen molar-refractivity contribution >= 4 is 0 Å². The molecule has 1 saturated heterocycles. The van der Waals surface area contributed by atoms with E-state index in [1.54, 1.807) is 0 Å². The van der Waals surface area contributed by atoms with Crippen LogP contribution in [-0.4, -0.2) is 36.6 Å². The van der Waals surface area contributed by atoms with Crippen LogP contribution >= 0.6 is 0 Å². The Hall–Kier alpha value is -0.0800. The van der Waals surface area contributed by atoms with Gasteiger partial charge in [-0.25, -0.2) is 0 Å². The van der Waals surface area contributed by atoms with E-state index in [2.05, 4.69) is 37.9 Å². The molecule has 0 aromatic carbocycles. The van der Waals surface area contributed by atoms with Crippen LogP contribution in [-0.2, 0) is 0 Å². The predicted octanol–water partition coefficient (Wildman–Crippen LogP) is 2.89. The first-order chi connectivity index (χ1) is 7.69. The van der Waals surface area contributed by atoms with Gasteiger partial charge in [-0.1, -0.05) is 20.8 Å². The van der Waals surface area contributed by atoms with Crippen LogP contribution in [0.3, 0.4) is 0 Å². The summed E-state index contributed by atoms with van der Waals surface area (Å²) in [6.07, 6.45) is 5.30. The maximum Gasteiger partial charge on any atom is 0.0220 e. The van der Waals surface area contributed by atoms with Crippen molar-refractivity contribution in [1.29, 1.82) is 0 Å². The molecule has 1 fully saturated rings. The zero-order chi connectivity index (χ0) is 12.0. The Morgan fingerprint density at radius 3 is 2.62 bits per heavy atom. The summed E-state index contributed by atoms with van der Waals surface area (Å²) in [5, 5.41) is 3.58. The van der Waals surface area contributed by atoms with Crippen LogP contribution in [0.4, 0.5) is 0 Å². The highest BCUT2D eigenvalue weighted by molar-refractivity contribution is 4.83. The van der Waals surface area contributed by atoms with Crippen LogP contribution < -0.4 is 5.32 Å². The second-order valence-electron chi connectivity index (χ2n) is 5.49. The van der Waals surface area contributed by atoms with E-state index >= 15 is 0 Å². The van der Waals surface area contributed by atoms with Crippen LogP contribution in [0.5, 0.6) is 0 Å². The van der Waals surface area contributed by atoms with Gasteiger partial charge in [-0.3, -0.25) is 4.90 Å². The molecule has 0 radical (unpaired) electrons. The number of nitrogens with zero attached hydrogens (tertiary/aromatic N) is 1. The van der Waals surface area contributed by atoms with Crippen molar-refractivity contribution in [3.63, 3.8) is 0 Å². The predicted molar refractivity (Wildman–Crippen MR) is 71.8 cm³/mol. The standard InChI is InChI=1S/C14H30N2/c1-5-9-15-10-14(6-2)16-11-12(3)7-8-13(16)4/h12-15H,5-11H2,1-4H3. The maximum atomic E-state index is 3.58. The fourth-order valence-corrected chi connectivity index (χ4v) is 2.77. The lowest BCUT2D eigenvalue weighted by atomic mass is 9.93. The summed E-state index contributed by atoms with van der Waals surface area (Å²) in [5.41, 5.74) is 0. The fraction of sp³-hybridized carbons (Fsp3) is 1.00. The molecule has 1 heterocycles. The molecule has 96 valence electrons. The minimum atomic E-state index is 0.740. The lowest BCUT2D eigenvalue weighted by Crippen LogP contribution is -2.50. The molecule has 1 aliphatic heterocycles. The molecule has 1 N–H and O–H groups in total. The molecule has 0 amide bonds. The lowest BCUT2D eigenvalue weighted by molar-refractivity contribution is 0.0741. The van der Waals surface area contributed by atoms with Gasteiger partial charge in [-0.2, -0.15) is 0 Å². The Bertz CT molecular complexity index is 182. The van der Waals surface area contributed by atoms with Crippen molar-refractivity contribution in [2.45, 2.75) is 65.5 Å². The molecule has 2 heteroatoms. The largest absolute Gasteiger partial charge is 0.315 e. The Kier molecular flexibility index (Phi) is 6.37. The summed E-state index contributed by atoms with van der Waals surface area (Å²) >= 11 is 0. The van der Waals surface area contributed by atoms with Gasteiger partial charge in [-0.05, 0) is 45.1 Å². The molecule has 3 atom stereocenters. The van der Waals surface area contributed by atoms with Crippen molar-refractivity contribution in [2.75, 3.05) is 19.6 Å². The topological polar surface area (TPSA) is 15.3 Å². The third-order valence-electron chi connectivity index (χ3n) is 3.91. The summed E-state index contributed by atoms with van der Waals surface area (Å²) < 4.78 is 0. The molecule has 1 rings (SSSR count). The third-order valence-corrected chi connectivity index (χ3v) is 3.91. The molecule has 2 nitrogen and oxygen atoms in total. The molecule has 0 saturated carbocycles. The van der Waals surface area contributed by atoms with E-state index in [4.69, 9.17) is 0 Å².